The number of carboxylic acids is 1. The molecule has 8 heteroatoms. The Hall–Kier alpha value is -2.19. The summed E-state index contributed by atoms with van der Waals surface area (Å²) in [7, 11) is -3.63. The summed E-state index contributed by atoms with van der Waals surface area (Å²) in [5, 5.41) is 9.61. The van der Waals surface area contributed by atoms with E-state index in [2.05, 4.69) is 20.8 Å². The maximum Gasteiger partial charge on any atom is 0.307 e. The Morgan fingerprint density at radius 2 is 1.48 bits per heavy atom. The molecule has 1 aromatic rings. The molecule has 7 nitrogen and oxygen atoms in total. The summed E-state index contributed by atoms with van der Waals surface area (Å²) in [6, 6.07) is 6.99. The van der Waals surface area contributed by atoms with Crippen LogP contribution in [0.25, 0.3) is 0 Å². The van der Waals surface area contributed by atoms with Gasteiger partial charge in [-0.05, 0) is 41.4 Å². The monoisotopic (exact) mass is 446 g/mol. The third-order valence-corrected chi connectivity index (χ3v) is 8.85. The summed E-state index contributed by atoms with van der Waals surface area (Å²) in [5.41, 5.74) is 1.01. The summed E-state index contributed by atoms with van der Waals surface area (Å²) < 4.78 is 27.5. The first-order chi connectivity index (χ1) is 14.5. The van der Waals surface area contributed by atoms with Gasteiger partial charge in [0.2, 0.25) is 15.9 Å². The van der Waals surface area contributed by atoms with Gasteiger partial charge in [0.1, 0.15) is 0 Å². The lowest BCUT2D eigenvalue weighted by molar-refractivity contribution is -0.151. The van der Waals surface area contributed by atoms with E-state index in [9.17, 15) is 23.1 Å². The molecule has 0 spiro atoms. The second-order valence-corrected chi connectivity index (χ2v) is 11.8. The lowest BCUT2D eigenvalue weighted by Gasteiger charge is -2.37. The van der Waals surface area contributed by atoms with E-state index < -0.39 is 27.8 Å². The molecule has 0 unspecified atom stereocenters. The number of amides is 1. The van der Waals surface area contributed by atoms with Crippen molar-refractivity contribution in [3.63, 3.8) is 0 Å². The predicted molar refractivity (Wildman–Crippen MR) is 116 cm³/mol. The Balaban J connectivity index is 1.43. The van der Waals surface area contributed by atoms with Gasteiger partial charge in [-0.25, -0.2) is 8.42 Å². The molecule has 2 bridgehead atoms. The fraction of sp³-hybridized carbons (Fsp3) is 0.565. The van der Waals surface area contributed by atoms with Gasteiger partial charge in [0.15, 0.2) is 0 Å². The molecule has 2 aliphatic carbocycles. The van der Waals surface area contributed by atoms with Gasteiger partial charge in [-0.15, -0.1) is 0 Å². The van der Waals surface area contributed by atoms with Crippen LogP contribution < -0.4 is 0 Å². The first kappa shape index (κ1) is 22.0. The van der Waals surface area contributed by atoms with Gasteiger partial charge in [0.05, 0.1) is 16.7 Å². The molecule has 31 heavy (non-hydrogen) atoms. The topological polar surface area (TPSA) is 95.0 Å². The van der Waals surface area contributed by atoms with Gasteiger partial charge in [0, 0.05) is 26.2 Å². The minimum Gasteiger partial charge on any atom is -0.481 e. The minimum atomic E-state index is -3.63. The van der Waals surface area contributed by atoms with Gasteiger partial charge in [0.25, 0.3) is 0 Å². The molecule has 1 amide bonds. The van der Waals surface area contributed by atoms with Gasteiger partial charge in [-0.3, -0.25) is 9.59 Å². The lowest BCUT2D eigenvalue weighted by Crippen LogP contribution is -2.53. The van der Waals surface area contributed by atoms with Crippen LogP contribution in [0.15, 0.2) is 41.3 Å². The average molecular weight is 447 g/mol. The number of sulfonamides is 1. The molecular formula is C23H30N2O5S. The lowest BCUT2D eigenvalue weighted by atomic mass is 9.82. The zero-order valence-corrected chi connectivity index (χ0v) is 19.0. The van der Waals surface area contributed by atoms with Crippen molar-refractivity contribution >= 4 is 21.9 Å². The minimum absolute atomic E-state index is 0.0262. The molecular weight excluding hydrogens is 416 g/mol. The Bertz CT molecular complexity index is 1000. The summed E-state index contributed by atoms with van der Waals surface area (Å²) in [6.45, 7) is 7.21. The number of hydrogen-bond donors (Lipinski definition) is 1. The summed E-state index contributed by atoms with van der Waals surface area (Å²) in [5.74, 6) is -2.40. The van der Waals surface area contributed by atoms with Crippen LogP contribution in [0.2, 0.25) is 0 Å². The normalized spacial score (nSPS) is 28.8. The predicted octanol–water partition coefficient (Wildman–Crippen LogP) is 2.34. The zero-order chi connectivity index (χ0) is 22.6. The Morgan fingerprint density at radius 3 is 2.00 bits per heavy atom. The number of rotatable bonds is 4. The quantitative estimate of drug-likeness (QED) is 0.717. The highest BCUT2D eigenvalue weighted by molar-refractivity contribution is 7.89. The van der Waals surface area contributed by atoms with Crippen LogP contribution in [0.4, 0.5) is 0 Å². The number of piperazine rings is 1. The smallest absolute Gasteiger partial charge is 0.307 e. The molecule has 168 valence electrons. The van der Waals surface area contributed by atoms with E-state index >= 15 is 0 Å². The van der Waals surface area contributed by atoms with E-state index in [1.54, 1.807) is 17.0 Å². The van der Waals surface area contributed by atoms with E-state index in [-0.39, 0.29) is 54.2 Å². The van der Waals surface area contributed by atoms with Crippen LogP contribution in [-0.2, 0) is 25.0 Å². The second-order valence-electron chi connectivity index (χ2n) is 9.84. The molecule has 2 fully saturated rings. The van der Waals surface area contributed by atoms with Crippen molar-refractivity contribution in [2.75, 3.05) is 26.2 Å². The Morgan fingerprint density at radius 1 is 0.935 bits per heavy atom. The van der Waals surface area contributed by atoms with Crippen LogP contribution in [-0.4, -0.2) is 60.8 Å². The molecule has 0 radical (unpaired) electrons. The molecule has 4 rings (SSSR count). The zero-order valence-electron chi connectivity index (χ0n) is 18.2. The number of hydrogen-bond acceptors (Lipinski definition) is 4. The van der Waals surface area contributed by atoms with E-state index in [4.69, 9.17) is 0 Å². The SMILES string of the molecule is CC(C)(C)c1ccc(S(=O)(=O)N2CCN(C(=O)[C@@H]3[C@H](C(=O)O)[C@H]4C=C[C@H]3C4)CC2)cc1. The van der Waals surface area contributed by atoms with Gasteiger partial charge < -0.3 is 10.0 Å². The summed E-state index contributed by atoms with van der Waals surface area (Å²) >= 11 is 0. The second kappa shape index (κ2) is 7.74. The van der Waals surface area contributed by atoms with Crippen molar-refractivity contribution < 1.29 is 23.1 Å². The summed E-state index contributed by atoms with van der Waals surface area (Å²) in [4.78, 5) is 26.7. The summed E-state index contributed by atoms with van der Waals surface area (Å²) in [6.07, 6.45) is 4.60. The number of fused-ring (bicyclic) bond motifs is 2. The van der Waals surface area contributed by atoms with Crippen LogP contribution in [0.3, 0.4) is 0 Å². The van der Waals surface area contributed by atoms with Crippen molar-refractivity contribution in [1.29, 1.82) is 0 Å². The molecule has 1 saturated carbocycles. The number of benzene rings is 1. The molecule has 4 atom stereocenters. The third kappa shape index (κ3) is 3.91. The van der Waals surface area contributed by atoms with Crippen LogP contribution in [0, 0.1) is 23.7 Å². The maximum atomic E-state index is 13.1. The largest absolute Gasteiger partial charge is 0.481 e. The molecule has 1 aromatic carbocycles. The highest BCUT2D eigenvalue weighted by Crippen LogP contribution is 2.48. The van der Waals surface area contributed by atoms with E-state index in [1.807, 2.05) is 24.3 Å². The first-order valence-electron chi connectivity index (χ1n) is 10.8. The maximum absolute atomic E-state index is 13.1. The number of nitrogens with zero attached hydrogens (tertiary/aromatic N) is 2. The molecule has 3 aliphatic rings. The standard InChI is InChI=1S/C23H30N2O5S/c1-23(2,3)17-6-8-18(9-7-17)31(29,30)25-12-10-24(11-13-25)21(26)19-15-4-5-16(14-15)20(19)22(27)28/h4-9,15-16,19-20H,10-14H2,1-3H3,(H,27,28)/t15-,16-,19-,20+/m0/s1. The van der Waals surface area contributed by atoms with E-state index in [0.717, 1.165) is 5.56 Å². The number of carboxylic acid groups (broad SMARTS) is 1. The van der Waals surface area contributed by atoms with Crippen LogP contribution in [0.1, 0.15) is 32.8 Å². The van der Waals surface area contributed by atoms with E-state index in [0.29, 0.717) is 6.42 Å². The van der Waals surface area contributed by atoms with Crippen molar-refractivity contribution in [3.8, 4) is 0 Å². The van der Waals surface area contributed by atoms with Crippen molar-refractivity contribution in [2.24, 2.45) is 23.7 Å². The number of carbonyl (C=O) groups excluding carboxylic acids is 1. The number of carbonyl (C=O) groups is 2. The highest BCUT2D eigenvalue weighted by atomic mass is 32.2. The van der Waals surface area contributed by atoms with Crippen LogP contribution in [0.5, 0.6) is 0 Å². The van der Waals surface area contributed by atoms with Crippen LogP contribution >= 0.6 is 0 Å². The molecule has 0 aromatic heterocycles. The third-order valence-electron chi connectivity index (χ3n) is 6.94. The highest BCUT2D eigenvalue weighted by Gasteiger charge is 2.52. The molecule has 1 heterocycles. The fourth-order valence-electron chi connectivity index (χ4n) is 5.13. The van der Waals surface area contributed by atoms with Crippen molar-refractivity contribution in [2.45, 2.75) is 37.5 Å². The Kier molecular flexibility index (Phi) is 5.50. The van der Waals surface area contributed by atoms with Crippen molar-refractivity contribution in [1.82, 2.24) is 9.21 Å². The number of aliphatic carboxylic acids is 1. The first-order valence-corrected chi connectivity index (χ1v) is 12.2. The van der Waals surface area contributed by atoms with Gasteiger partial charge in [-0.2, -0.15) is 4.31 Å². The van der Waals surface area contributed by atoms with Gasteiger partial charge in [-0.1, -0.05) is 45.1 Å². The Labute approximate surface area is 183 Å². The fourth-order valence-corrected chi connectivity index (χ4v) is 6.55. The number of allylic oxidation sites excluding steroid dienone is 2. The molecule has 1 N–H and O–H groups in total. The van der Waals surface area contributed by atoms with Crippen molar-refractivity contribution in [3.05, 3.63) is 42.0 Å². The average Bonchev–Trinajstić information content (AvgIpc) is 3.34. The molecule has 1 aliphatic heterocycles. The molecule has 1 saturated heterocycles. The van der Waals surface area contributed by atoms with E-state index in [1.165, 1.54) is 4.31 Å². The van der Waals surface area contributed by atoms with Gasteiger partial charge >= 0.3 is 5.97 Å².